The van der Waals surface area contributed by atoms with Crippen molar-refractivity contribution < 1.29 is 0 Å². The molecule has 3 heteroatoms. The highest BCUT2D eigenvalue weighted by atomic mass is 79.9. The summed E-state index contributed by atoms with van der Waals surface area (Å²) < 4.78 is 0.770. The lowest BCUT2D eigenvalue weighted by Gasteiger charge is -1.99. The molecule has 12 heavy (non-hydrogen) atoms. The first-order chi connectivity index (χ1) is 5.77. The van der Waals surface area contributed by atoms with Crippen molar-refractivity contribution >= 4 is 38.3 Å². The fourth-order valence-corrected chi connectivity index (χ4v) is 1.91. The zero-order valence-corrected chi connectivity index (χ0v) is 8.43. The van der Waals surface area contributed by atoms with Crippen LogP contribution in [0.3, 0.4) is 0 Å². The maximum Gasteiger partial charge on any atom is 0.138 e. The van der Waals surface area contributed by atoms with E-state index in [2.05, 4.69) is 20.9 Å². The van der Waals surface area contributed by atoms with E-state index in [1.807, 2.05) is 30.3 Å². The van der Waals surface area contributed by atoms with E-state index in [0.717, 1.165) is 15.4 Å². The molecule has 0 unspecified atom stereocenters. The van der Waals surface area contributed by atoms with Crippen LogP contribution in [0.2, 0.25) is 5.15 Å². The number of pyridine rings is 1. The van der Waals surface area contributed by atoms with E-state index in [1.54, 1.807) is 0 Å². The Morgan fingerprint density at radius 1 is 1.25 bits per heavy atom. The van der Waals surface area contributed by atoms with Gasteiger partial charge < -0.3 is 0 Å². The van der Waals surface area contributed by atoms with Crippen LogP contribution < -0.4 is 0 Å². The van der Waals surface area contributed by atoms with Crippen molar-refractivity contribution in [3.8, 4) is 0 Å². The number of benzene rings is 1. The topological polar surface area (TPSA) is 12.9 Å². The lowest BCUT2D eigenvalue weighted by atomic mass is 10.2. The van der Waals surface area contributed by atoms with Crippen molar-refractivity contribution in [2.45, 2.75) is 0 Å². The van der Waals surface area contributed by atoms with Crippen LogP contribution >= 0.6 is 27.5 Å². The van der Waals surface area contributed by atoms with Crippen LogP contribution in [0.15, 0.2) is 34.9 Å². The monoisotopic (exact) mass is 241 g/mol. The Morgan fingerprint density at radius 3 is 2.83 bits per heavy atom. The molecule has 0 aliphatic heterocycles. The second-order valence-electron chi connectivity index (χ2n) is 2.46. The quantitative estimate of drug-likeness (QED) is 0.643. The van der Waals surface area contributed by atoms with E-state index in [-0.39, 0.29) is 0 Å². The molecule has 2 rings (SSSR count). The van der Waals surface area contributed by atoms with E-state index in [1.165, 1.54) is 0 Å². The molecule has 0 radical (unpaired) electrons. The Morgan fingerprint density at radius 2 is 2.00 bits per heavy atom. The fraction of sp³-hybridized carbons (Fsp3) is 0. The smallest absolute Gasteiger partial charge is 0.138 e. The Balaban J connectivity index is 2.89. The van der Waals surface area contributed by atoms with Crippen LogP contribution in [0.4, 0.5) is 0 Å². The molecule has 1 aromatic carbocycles. The molecule has 2 aromatic rings. The Kier molecular flexibility index (Phi) is 2.03. The lowest BCUT2D eigenvalue weighted by Crippen LogP contribution is -1.79. The van der Waals surface area contributed by atoms with Crippen molar-refractivity contribution in [1.82, 2.24) is 4.98 Å². The molecular formula is C9H5BrClN. The summed E-state index contributed by atoms with van der Waals surface area (Å²) in [6.07, 6.45) is 0. The summed E-state index contributed by atoms with van der Waals surface area (Å²) in [6, 6.07) is 9.83. The molecule has 1 aromatic heterocycles. The minimum absolute atomic E-state index is 0.542. The van der Waals surface area contributed by atoms with Crippen LogP contribution in [-0.2, 0) is 0 Å². The van der Waals surface area contributed by atoms with Gasteiger partial charge in [0.2, 0.25) is 0 Å². The molecule has 0 atom stereocenters. The van der Waals surface area contributed by atoms with Gasteiger partial charge in [0.15, 0.2) is 0 Å². The minimum Gasteiger partial charge on any atom is -0.229 e. The standard InChI is InChI=1S/C9H5BrClN/c10-8-5-6-3-1-2-4-7(6)9(11)12-8/h1-5H. The average Bonchev–Trinajstić information content (AvgIpc) is 2.04. The first-order valence-electron chi connectivity index (χ1n) is 3.48. The molecule has 1 nitrogen and oxygen atoms in total. The Labute approximate surface area is 83.5 Å². The third-order valence-electron chi connectivity index (χ3n) is 1.66. The molecule has 1 heterocycles. The number of hydrogen-bond acceptors (Lipinski definition) is 1. The van der Waals surface area contributed by atoms with Crippen molar-refractivity contribution in [2.24, 2.45) is 0 Å². The van der Waals surface area contributed by atoms with Gasteiger partial charge in [0.1, 0.15) is 9.76 Å². The molecule has 0 aliphatic carbocycles. The van der Waals surface area contributed by atoms with Crippen molar-refractivity contribution in [2.75, 3.05) is 0 Å². The van der Waals surface area contributed by atoms with E-state index in [9.17, 15) is 0 Å². The molecule has 0 fully saturated rings. The van der Waals surface area contributed by atoms with Crippen molar-refractivity contribution in [3.05, 3.63) is 40.1 Å². The third kappa shape index (κ3) is 1.32. The van der Waals surface area contributed by atoms with Crippen molar-refractivity contribution in [1.29, 1.82) is 0 Å². The SMILES string of the molecule is Clc1nc(Br)cc2ccccc12. The zero-order chi connectivity index (χ0) is 8.55. The van der Waals surface area contributed by atoms with Crippen LogP contribution in [0.1, 0.15) is 0 Å². The second-order valence-corrected chi connectivity index (χ2v) is 3.63. The van der Waals surface area contributed by atoms with Gasteiger partial charge in [0.05, 0.1) is 0 Å². The van der Waals surface area contributed by atoms with Gasteiger partial charge >= 0.3 is 0 Å². The van der Waals surface area contributed by atoms with Crippen LogP contribution in [0, 0.1) is 0 Å². The van der Waals surface area contributed by atoms with Gasteiger partial charge in [0, 0.05) is 5.39 Å². The maximum absolute atomic E-state index is 5.92. The summed E-state index contributed by atoms with van der Waals surface area (Å²) in [7, 11) is 0. The minimum atomic E-state index is 0.542. The van der Waals surface area contributed by atoms with Gasteiger partial charge in [0.25, 0.3) is 0 Å². The maximum atomic E-state index is 5.92. The highest BCUT2D eigenvalue weighted by molar-refractivity contribution is 9.10. The molecule has 0 saturated carbocycles. The number of rotatable bonds is 0. The largest absolute Gasteiger partial charge is 0.229 e. The van der Waals surface area contributed by atoms with Crippen LogP contribution in [0.25, 0.3) is 10.8 Å². The fourth-order valence-electron chi connectivity index (χ4n) is 1.13. The van der Waals surface area contributed by atoms with Gasteiger partial charge in [-0.05, 0) is 27.4 Å². The highest BCUT2D eigenvalue weighted by Crippen LogP contribution is 2.24. The van der Waals surface area contributed by atoms with E-state index >= 15 is 0 Å². The number of hydrogen-bond donors (Lipinski definition) is 0. The number of fused-ring (bicyclic) bond motifs is 1. The van der Waals surface area contributed by atoms with Gasteiger partial charge in [-0.15, -0.1) is 0 Å². The highest BCUT2D eigenvalue weighted by Gasteiger charge is 2.00. The Bertz CT molecular complexity index is 428. The van der Waals surface area contributed by atoms with Gasteiger partial charge in [-0.25, -0.2) is 4.98 Å². The van der Waals surface area contributed by atoms with Gasteiger partial charge in [-0.3, -0.25) is 0 Å². The zero-order valence-electron chi connectivity index (χ0n) is 6.09. The molecule has 0 amide bonds. The molecule has 60 valence electrons. The number of halogens is 2. The summed E-state index contributed by atoms with van der Waals surface area (Å²) in [5, 5.41) is 2.63. The van der Waals surface area contributed by atoms with Gasteiger partial charge in [-0.1, -0.05) is 35.9 Å². The second kappa shape index (κ2) is 3.04. The summed E-state index contributed by atoms with van der Waals surface area (Å²) in [6.45, 7) is 0. The van der Waals surface area contributed by atoms with E-state index in [4.69, 9.17) is 11.6 Å². The predicted octanol–water partition coefficient (Wildman–Crippen LogP) is 3.65. The summed E-state index contributed by atoms with van der Waals surface area (Å²) >= 11 is 9.21. The molecule has 0 spiro atoms. The van der Waals surface area contributed by atoms with Crippen LogP contribution in [-0.4, -0.2) is 4.98 Å². The van der Waals surface area contributed by atoms with Crippen molar-refractivity contribution in [3.63, 3.8) is 0 Å². The van der Waals surface area contributed by atoms with E-state index < -0.39 is 0 Å². The molecule has 0 aliphatic rings. The molecule has 0 bridgehead atoms. The predicted molar refractivity (Wildman–Crippen MR) is 54.5 cm³/mol. The first kappa shape index (κ1) is 8.02. The van der Waals surface area contributed by atoms with Crippen LogP contribution in [0.5, 0.6) is 0 Å². The molecular weight excluding hydrogens is 237 g/mol. The summed E-state index contributed by atoms with van der Waals surface area (Å²) in [4.78, 5) is 4.08. The normalized spacial score (nSPS) is 10.5. The first-order valence-corrected chi connectivity index (χ1v) is 4.65. The molecule has 0 saturated heterocycles. The average molecular weight is 243 g/mol. The summed E-state index contributed by atoms with van der Waals surface area (Å²) in [5.41, 5.74) is 0. The lowest BCUT2D eigenvalue weighted by molar-refractivity contribution is 1.31. The van der Waals surface area contributed by atoms with Gasteiger partial charge in [-0.2, -0.15) is 0 Å². The number of nitrogens with zero attached hydrogens (tertiary/aromatic N) is 1. The number of aromatic nitrogens is 1. The summed E-state index contributed by atoms with van der Waals surface area (Å²) in [5.74, 6) is 0. The molecule has 0 N–H and O–H groups in total. The Hall–Kier alpha value is -0.600. The third-order valence-corrected chi connectivity index (χ3v) is 2.36. The van der Waals surface area contributed by atoms with E-state index in [0.29, 0.717) is 5.15 Å².